The minimum Gasteiger partial charge on any atom is -0.455 e. The van der Waals surface area contributed by atoms with E-state index in [0.29, 0.717) is 11.4 Å². The molecule has 0 saturated heterocycles. The third-order valence-electron chi connectivity index (χ3n) is 4.11. The molecule has 0 fully saturated rings. The molecule has 2 heterocycles. The van der Waals surface area contributed by atoms with E-state index in [2.05, 4.69) is 5.32 Å². The van der Waals surface area contributed by atoms with Gasteiger partial charge in [-0.05, 0) is 41.4 Å². The summed E-state index contributed by atoms with van der Waals surface area (Å²) in [6.07, 6.45) is 0.113. The molecule has 1 N–H and O–H groups in total. The molecule has 0 bridgehead atoms. The number of nitrogens with zero attached hydrogens (tertiary/aromatic N) is 2. The van der Waals surface area contributed by atoms with E-state index < -0.39 is 18.5 Å². The van der Waals surface area contributed by atoms with Gasteiger partial charge in [0.05, 0.1) is 17.8 Å². The van der Waals surface area contributed by atoms with E-state index in [1.807, 2.05) is 35.0 Å². The number of hydrogen-bond donors (Lipinski definition) is 1. The molecule has 0 radical (unpaired) electrons. The lowest BCUT2D eigenvalue weighted by Gasteiger charge is -2.07. The largest absolute Gasteiger partial charge is 0.455 e. The lowest BCUT2D eigenvalue weighted by molar-refractivity contribution is -0.146. The van der Waals surface area contributed by atoms with Gasteiger partial charge in [0, 0.05) is 7.05 Å². The van der Waals surface area contributed by atoms with Gasteiger partial charge in [-0.2, -0.15) is 11.3 Å². The molecule has 0 unspecified atom stereocenters. The summed E-state index contributed by atoms with van der Waals surface area (Å²) in [5, 5.41) is 6.27. The highest BCUT2D eigenvalue weighted by molar-refractivity contribution is 7.08. The predicted molar refractivity (Wildman–Crippen MR) is 103 cm³/mol. The van der Waals surface area contributed by atoms with Gasteiger partial charge in [-0.3, -0.25) is 19.1 Å². The average molecular weight is 385 g/mol. The summed E-state index contributed by atoms with van der Waals surface area (Å²) in [5.74, 6) is -1.05. The van der Waals surface area contributed by atoms with Gasteiger partial charge >= 0.3 is 5.97 Å². The monoisotopic (exact) mass is 385 g/mol. The van der Waals surface area contributed by atoms with E-state index in [1.54, 1.807) is 30.8 Å². The molecule has 0 aliphatic rings. The van der Waals surface area contributed by atoms with Gasteiger partial charge in [0.1, 0.15) is 5.69 Å². The number of benzene rings is 1. The van der Waals surface area contributed by atoms with E-state index in [0.717, 1.165) is 5.56 Å². The van der Waals surface area contributed by atoms with Gasteiger partial charge in [-0.15, -0.1) is 0 Å². The van der Waals surface area contributed by atoms with Crippen LogP contribution >= 0.6 is 11.3 Å². The van der Waals surface area contributed by atoms with Crippen LogP contribution in [-0.2, 0) is 27.8 Å². The van der Waals surface area contributed by atoms with Crippen LogP contribution in [0.25, 0.3) is 5.69 Å². The SMILES string of the molecule is Cc1c(NC(=O)COC(=O)Cc2ccsc2)c(=O)n(-c2ccccc2)n1C. The Bertz CT molecular complexity index is 1000. The Morgan fingerprint density at radius 1 is 1.19 bits per heavy atom. The van der Waals surface area contributed by atoms with Gasteiger partial charge < -0.3 is 10.1 Å². The lowest BCUT2D eigenvalue weighted by Crippen LogP contribution is -2.26. The maximum atomic E-state index is 12.7. The van der Waals surface area contributed by atoms with E-state index in [-0.39, 0.29) is 17.7 Å². The molecular formula is C19H19N3O4S. The summed E-state index contributed by atoms with van der Waals surface area (Å²) in [5.41, 5.74) is 1.95. The molecule has 0 aliphatic carbocycles. The van der Waals surface area contributed by atoms with Crippen LogP contribution in [0.5, 0.6) is 0 Å². The molecule has 27 heavy (non-hydrogen) atoms. The van der Waals surface area contributed by atoms with E-state index >= 15 is 0 Å². The molecular weight excluding hydrogens is 366 g/mol. The number of amides is 1. The molecule has 8 heteroatoms. The molecule has 0 saturated carbocycles. The van der Waals surface area contributed by atoms with Crippen LogP contribution in [0.1, 0.15) is 11.3 Å². The van der Waals surface area contributed by atoms with Gasteiger partial charge in [-0.25, -0.2) is 4.68 Å². The third-order valence-corrected chi connectivity index (χ3v) is 4.84. The van der Waals surface area contributed by atoms with Crippen molar-refractivity contribution in [1.29, 1.82) is 0 Å². The molecule has 0 atom stereocenters. The number of esters is 1. The number of rotatable bonds is 6. The van der Waals surface area contributed by atoms with Crippen LogP contribution < -0.4 is 10.9 Å². The lowest BCUT2D eigenvalue weighted by atomic mass is 10.2. The van der Waals surface area contributed by atoms with Crippen LogP contribution in [0.15, 0.2) is 52.0 Å². The summed E-state index contributed by atoms with van der Waals surface area (Å²) >= 11 is 1.49. The normalized spacial score (nSPS) is 10.6. The summed E-state index contributed by atoms with van der Waals surface area (Å²) in [6, 6.07) is 10.9. The molecule has 0 aliphatic heterocycles. The number of carbonyl (C=O) groups is 2. The highest BCUT2D eigenvalue weighted by atomic mass is 32.1. The number of nitrogens with one attached hydrogen (secondary N) is 1. The highest BCUT2D eigenvalue weighted by Crippen LogP contribution is 2.14. The van der Waals surface area contributed by atoms with Crippen molar-refractivity contribution in [3.05, 3.63) is 68.8 Å². The quantitative estimate of drug-likeness (QED) is 0.660. The van der Waals surface area contributed by atoms with Gasteiger partial charge in [0.25, 0.3) is 11.5 Å². The zero-order valence-corrected chi connectivity index (χ0v) is 15.8. The zero-order chi connectivity index (χ0) is 19.4. The number of aromatic nitrogens is 2. The first kappa shape index (κ1) is 18.7. The Morgan fingerprint density at radius 3 is 2.59 bits per heavy atom. The number of carbonyl (C=O) groups excluding carboxylic acids is 2. The van der Waals surface area contributed by atoms with Crippen molar-refractivity contribution >= 4 is 28.9 Å². The topological polar surface area (TPSA) is 82.3 Å². The predicted octanol–water partition coefficient (Wildman–Crippen LogP) is 2.27. The Kier molecular flexibility index (Phi) is 5.56. The number of ether oxygens (including phenoxy) is 1. The molecule has 0 spiro atoms. The summed E-state index contributed by atoms with van der Waals surface area (Å²) in [7, 11) is 1.74. The van der Waals surface area contributed by atoms with Crippen LogP contribution in [0.2, 0.25) is 0 Å². The first-order chi connectivity index (χ1) is 13.0. The maximum absolute atomic E-state index is 12.7. The van der Waals surface area contributed by atoms with Crippen molar-refractivity contribution in [3.63, 3.8) is 0 Å². The number of thiophene rings is 1. The molecule has 3 rings (SSSR count). The third kappa shape index (κ3) is 4.17. The molecule has 3 aromatic rings. The van der Waals surface area contributed by atoms with Gasteiger partial charge in [-0.1, -0.05) is 18.2 Å². The van der Waals surface area contributed by atoms with Crippen molar-refractivity contribution in [3.8, 4) is 5.69 Å². The number of para-hydroxylation sites is 1. The Morgan fingerprint density at radius 2 is 1.93 bits per heavy atom. The van der Waals surface area contributed by atoms with Crippen LogP contribution in [0.3, 0.4) is 0 Å². The first-order valence-corrected chi connectivity index (χ1v) is 9.22. The number of anilines is 1. The minimum atomic E-state index is -0.556. The smallest absolute Gasteiger partial charge is 0.310 e. The van der Waals surface area contributed by atoms with Crippen LogP contribution in [-0.4, -0.2) is 27.8 Å². The summed E-state index contributed by atoms with van der Waals surface area (Å²) in [6.45, 7) is 1.29. The van der Waals surface area contributed by atoms with Crippen LogP contribution in [0, 0.1) is 6.92 Å². The highest BCUT2D eigenvalue weighted by Gasteiger charge is 2.18. The van der Waals surface area contributed by atoms with Crippen molar-refractivity contribution in [2.45, 2.75) is 13.3 Å². The molecule has 140 valence electrons. The minimum absolute atomic E-state index is 0.113. The van der Waals surface area contributed by atoms with Crippen molar-refractivity contribution in [2.75, 3.05) is 11.9 Å². The fraction of sp³-hybridized carbons (Fsp3) is 0.211. The van der Waals surface area contributed by atoms with Crippen molar-refractivity contribution in [2.24, 2.45) is 7.05 Å². The van der Waals surface area contributed by atoms with Gasteiger partial charge in [0.2, 0.25) is 0 Å². The second-order valence-corrected chi connectivity index (χ2v) is 6.73. The zero-order valence-electron chi connectivity index (χ0n) is 15.0. The first-order valence-electron chi connectivity index (χ1n) is 8.28. The van der Waals surface area contributed by atoms with Gasteiger partial charge in [0.15, 0.2) is 6.61 Å². The van der Waals surface area contributed by atoms with E-state index in [9.17, 15) is 14.4 Å². The Labute approximate surface area is 159 Å². The standard InChI is InChI=1S/C19H19N3O4S/c1-13-18(19(25)22(21(13)2)15-6-4-3-5-7-15)20-16(23)11-26-17(24)10-14-8-9-27-12-14/h3-9,12H,10-11H2,1-2H3,(H,20,23). The Balaban J connectivity index is 1.68. The maximum Gasteiger partial charge on any atom is 0.310 e. The molecule has 2 aromatic heterocycles. The van der Waals surface area contributed by atoms with Crippen LogP contribution in [0.4, 0.5) is 5.69 Å². The molecule has 1 aromatic carbocycles. The number of hydrogen-bond acceptors (Lipinski definition) is 5. The van der Waals surface area contributed by atoms with Crippen molar-refractivity contribution < 1.29 is 14.3 Å². The second kappa shape index (κ2) is 8.05. The average Bonchev–Trinajstić information content (AvgIpc) is 3.24. The van der Waals surface area contributed by atoms with E-state index in [1.165, 1.54) is 16.0 Å². The summed E-state index contributed by atoms with van der Waals surface area (Å²) < 4.78 is 8.12. The second-order valence-electron chi connectivity index (χ2n) is 5.95. The fourth-order valence-corrected chi connectivity index (χ4v) is 3.31. The van der Waals surface area contributed by atoms with E-state index in [4.69, 9.17) is 4.74 Å². The molecule has 7 nitrogen and oxygen atoms in total. The summed E-state index contributed by atoms with van der Waals surface area (Å²) in [4.78, 5) is 36.6. The Hall–Kier alpha value is -3.13. The molecule has 1 amide bonds. The fourth-order valence-electron chi connectivity index (χ4n) is 2.64. The van der Waals surface area contributed by atoms with Crippen molar-refractivity contribution in [1.82, 2.24) is 9.36 Å².